The lowest BCUT2D eigenvalue weighted by Gasteiger charge is -2.04. The molecule has 0 heterocycles. The van der Waals surface area contributed by atoms with Crippen molar-refractivity contribution in [2.45, 2.75) is 12.8 Å². The summed E-state index contributed by atoms with van der Waals surface area (Å²) >= 11 is 0. The molecule has 15 heavy (non-hydrogen) atoms. The molecule has 3 heteroatoms. The molecule has 0 aliphatic heterocycles. The van der Waals surface area contributed by atoms with Crippen LogP contribution in [-0.4, -0.2) is 5.71 Å². The number of nitrogens with two attached hydrogens (primary N) is 2. The molecule has 78 valence electrons. The molecular weight excluding hydrogens is 186 g/mol. The Labute approximate surface area is 89.5 Å². The Morgan fingerprint density at radius 2 is 1.93 bits per heavy atom. The van der Waals surface area contributed by atoms with Gasteiger partial charge in [-0.1, -0.05) is 18.2 Å². The summed E-state index contributed by atoms with van der Waals surface area (Å²) in [5, 5.41) is 0. The fourth-order valence-electron chi connectivity index (χ4n) is 1.48. The van der Waals surface area contributed by atoms with E-state index in [0.29, 0.717) is 11.6 Å². The van der Waals surface area contributed by atoms with Gasteiger partial charge in [0.05, 0.1) is 17.1 Å². The normalized spacial score (nSPS) is 17.9. The molecule has 0 aromatic heterocycles. The van der Waals surface area contributed by atoms with Crippen molar-refractivity contribution < 1.29 is 0 Å². The van der Waals surface area contributed by atoms with Crippen molar-refractivity contribution in [2.24, 2.45) is 22.4 Å². The SMILES string of the molecule is N/C=C(/N)C(=Nc1ccccc1)C1CC1. The maximum atomic E-state index is 5.81. The molecule has 1 saturated carbocycles. The standard InChI is InChI=1S/C12H15N3/c13-8-11(14)12(9-6-7-9)15-10-4-2-1-3-5-10/h1-5,8-9H,6-7,13-14H2/b11-8+,15-12?. The van der Waals surface area contributed by atoms with Crippen LogP contribution in [0.4, 0.5) is 5.69 Å². The molecule has 4 N–H and O–H groups in total. The summed E-state index contributed by atoms with van der Waals surface area (Å²) in [6.07, 6.45) is 3.76. The van der Waals surface area contributed by atoms with Gasteiger partial charge in [-0.15, -0.1) is 0 Å². The first-order chi connectivity index (χ1) is 7.31. The number of aliphatic imine (C=N–C) groups is 1. The van der Waals surface area contributed by atoms with E-state index in [1.54, 1.807) is 0 Å². The van der Waals surface area contributed by atoms with Gasteiger partial charge in [0.15, 0.2) is 0 Å². The predicted molar refractivity (Wildman–Crippen MR) is 62.7 cm³/mol. The lowest BCUT2D eigenvalue weighted by molar-refractivity contribution is 1.15. The van der Waals surface area contributed by atoms with Crippen LogP contribution in [0.25, 0.3) is 0 Å². The summed E-state index contributed by atoms with van der Waals surface area (Å²) in [6, 6.07) is 9.83. The minimum Gasteiger partial charge on any atom is -0.403 e. The van der Waals surface area contributed by atoms with E-state index in [2.05, 4.69) is 4.99 Å². The molecule has 0 spiro atoms. The molecule has 0 unspecified atom stereocenters. The monoisotopic (exact) mass is 201 g/mol. The third kappa shape index (κ3) is 2.37. The Balaban J connectivity index is 2.28. The number of rotatable bonds is 3. The van der Waals surface area contributed by atoms with Gasteiger partial charge in [0.2, 0.25) is 0 Å². The fraction of sp³-hybridized carbons (Fsp3) is 0.250. The lowest BCUT2D eigenvalue weighted by atomic mass is 10.2. The Kier molecular flexibility index (Phi) is 2.72. The summed E-state index contributed by atoms with van der Waals surface area (Å²) < 4.78 is 0. The van der Waals surface area contributed by atoms with Crippen molar-refractivity contribution in [1.82, 2.24) is 0 Å². The molecule has 1 aromatic carbocycles. The van der Waals surface area contributed by atoms with Crippen LogP contribution in [0.5, 0.6) is 0 Å². The zero-order valence-electron chi connectivity index (χ0n) is 8.56. The number of para-hydroxylation sites is 1. The average Bonchev–Trinajstić information content (AvgIpc) is 3.10. The van der Waals surface area contributed by atoms with Gasteiger partial charge in [-0.25, -0.2) is 0 Å². The predicted octanol–water partition coefficient (Wildman–Crippen LogP) is 1.93. The smallest absolute Gasteiger partial charge is 0.0693 e. The van der Waals surface area contributed by atoms with Gasteiger partial charge in [0.1, 0.15) is 0 Å². The number of nitrogens with zero attached hydrogens (tertiary/aromatic N) is 1. The quantitative estimate of drug-likeness (QED) is 0.734. The Morgan fingerprint density at radius 1 is 1.27 bits per heavy atom. The van der Waals surface area contributed by atoms with E-state index in [-0.39, 0.29) is 0 Å². The van der Waals surface area contributed by atoms with E-state index >= 15 is 0 Å². The Hall–Kier alpha value is -1.77. The third-order valence-corrected chi connectivity index (χ3v) is 2.45. The largest absolute Gasteiger partial charge is 0.403 e. The zero-order valence-corrected chi connectivity index (χ0v) is 8.56. The second-order valence-corrected chi connectivity index (χ2v) is 3.73. The van der Waals surface area contributed by atoms with Crippen molar-refractivity contribution in [3.8, 4) is 0 Å². The minimum absolute atomic E-state index is 0.505. The second kappa shape index (κ2) is 4.17. The van der Waals surface area contributed by atoms with Crippen LogP contribution in [-0.2, 0) is 0 Å². The van der Waals surface area contributed by atoms with E-state index in [9.17, 15) is 0 Å². The number of benzene rings is 1. The molecule has 0 saturated heterocycles. The van der Waals surface area contributed by atoms with E-state index < -0.39 is 0 Å². The molecule has 1 fully saturated rings. The molecule has 0 amide bonds. The van der Waals surface area contributed by atoms with E-state index in [4.69, 9.17) is 11.5 Å². The molecule has 0 radical (unpaired) electrons. The first kappa shape index (κ1) is 9.77. The molecule has 3 nitrogen and oxygen atoms in total. The van der Waals surface area contributed by atoms with Gasteiger partial charge >= 0.3 is 0 Å². The van der Waals surface area contributed by atoms with Gasteiger partial charge in [-0.3, -0.25) is 4.99 Å². The maximum absolute atomic E-state index is 5.81. The maximum Gasteiger partial charge on any atom is 0.0693 e. The summed E-state index contributed by atoms with van der Waals surface area (Å²) in [7, 11) is 0. The number of hydrogen-bond donors (Lipinski definition) is 2. The Morgan fingerprint density at radius 3 is 2.47 bits per heavy atom. The molecule has 1 aliphatic carbocycles. The molecule has 1 aromatic rings. The molecule has 0 bridgehead atoms. The summed E-state index contributed by atoms with van der Waals surface area (Å²) in [6.45, 7) is 0. The van der Waals surface area contributed by atoms with Gasteiger partial charge in [-0.05, 0) is 25.0 Å². The second-order valence-electron chi connectivity index (χ2n) is 3.73. The van der Waals surface area contributed by atoms with Crippen LogP contribution in [0.2, 0.25) is 0 Å². The van der Waals surface area contributed by atoms with Crippen LogP contribution in [0.3, 0.4) is 0 Å². The minimum atomic E-state index is 0.505. The van der Waals surface area contributed by atoms with Crippen molar-refractivity contribution >= 4 is 11.4 Å². The Bertz CT molecular complexity index is 389. The molecule has 0 atom stereocenters. The number of allylic oxidation sites excluding steroid dienone is 1. The first-order valence-electron chi connectivity index (χ1n) is 5.12. The summed E-state index contributed by atoms with van der Waals surface area (Å²) in [5.41, 5.74) is 13.7. The van der Waals surface area contributed by atoms with E-state index in [0.717, 1.165) is 11.4 Å². The zero-order chi connectivity index (χ0) is 10.7. The highest BCUT2D eigenvalue weighted by Crippen LogP contribution is 2.33. The summed E-state index contributed by atoms with van der Waals surface area (Å²) in [5.74, 6) is 0.505. The third-order valence-electron chi connectivity index (χ3n) is 2.45. The summed E-state index contributed by atoms with van der Waals surface area (Å²) in [4.78, 5) is 4.53. The lowest BCUT2D eigenvalue weighted by Crippen LogP contribution is -2.15. The first-order valence-corrected chi connectivity index (χ1v) is 5.12. The average molecular weight is 201 g/mol. The van der Waals surface area contributed by atoms with Crippen LogP contribution in [0.15, 0.2) is 47.2 Å². The fourth-order valence-corrected chi connectivity index (χ4v) is 1.48. The van der Waals surface area contributed by atoms with Crippen LogP contribution in [0.1, 0.15) is 12.8 Å². The van der Waals surface area contributed by atoms with Crippen LogP contribution in [0, 0.1) is 5.92 Å². The van der Waals surface area contributed by atoms with Gasteiger partial charge < -0.3 is 11.5 Å². The highest BCUT2D eigenvalue weighted by Gasteiger charge is 2.28. The number of hydrogen-bond acceptors (Lipinski definition) is 3. The van der Waals surface area contributed by atoms with E-state index in [1.165, 1.54) is 19.0 Å². The molecule has 2 rings (SSSR count). The highest BCUT2D eigenvalue weighted by molar-refractivity contribution is 6.03. The van der Waals surface area contributed by atoms with Crippen molar-refractivity contribution in [2.75, 3.05) is 0 Å². The van der Waals surface area contributed by atoms with Gasteiger partial charge in [0.25, 0.3) is 0 Å². The van der Waals surface area contributed by atoms with E-state index in [1.807, 2.05) is 30.3 Å². The van der Waals surface area contributed by atoms with Crippen molar-refractivity contribution in [3.63, 3.8) is 0 Å². The van der Waals surface area contributed by atoms with Crippen LogP contribution >= 0.6 is 0 Å². The molecular formula is C12H15N3. The molecule has 1 aliphatic rings. The topological polar surface area (TPSA) is 64.4 Å². The van der Waals surface area contributed by atoms with Crippen molar-refractivity contribution in [3.05, 3.63) is 42.2 Å². The van der Waals surface area contributed by atoms with Crippen LogP contribution < -0.4 is 11.5 Å². The van der Waals surface area contributed by atoms with Gasteiger partial charge in [0, 0.05) is 12.1 Å². The van der Waals surface area contributed by atoms with Gasteiger partial charge in [-0.2, -0.15) is 0 Å². The highest BCUT2D eigenvalue weighted by atomic mass is 14.8. The van der Waals surface area contributed by atoms with Crippen molar-refractivity contribution in [1.29, 1.82) is 0 Å².